The summed E-state index contributed by atoms with van der Waals surface area (Å²) in [5.74, 6) is -0.844. The molecule has 2 heterocycles. The number of aliphatic carboxylic acids is 1. The summed E-state index contributed by atoms with van der Waals surface area (Å²) in [6.45, 7) is 4.40. The van der Waals surface area contributed by atoms with Crippen molar-refractivity contribution >= 4 is 11.9 Å². The Hall–Kier alpha value is -2.11. The molecule has 2 rings (SSSR count). The van der Waals surface area contributed by atoms with Crippen LogP contribution in [0.5, 0.6) is 5.88 Å². The van der Waals surface area contributed by atoms with Crippen molar-refractivity contribution in [2.75, 3.05) is 6.54 Å². The molecule has 1 saturated heterocycles. The van der Waals surface area contributed by atoms with Gasteiger partial charge in [-0.05, 0) is 32.3 Å². The summed E-state index contributed by atoms with van der Waals surface area (Å²) in [5.41, 5.74) is 0.413. The van der Waals surface area contributed by atoms with E-state index in [0.717, 1.165) is 6.42 Å². The van der Waals surface area contributed by atoms with Crippen molar-refractivity contribution in [1.29, 1.82) is 0 Å². The van der Waals surface area contributed by atoms with E-state index in [-0.39, 0.29) is 12.0 Å². The number of carbonyl (C=O) groups excluding carboxylic acids is 1. The van der Waals surface area contributed by atoms with Crippen molar-refractivity contribution in [1.82, 2.24) is 9.88 Å². The largest absolute Gasteiger partial charge is 0.480 e. The quantitative estimate of drug-likeness (QED) is 0.897. The molecule has 0 aromatic carbocycles. The fourth-order valence-electron chi connectivity index (χ4n) is 2.33. The number of likely N-dealkylation sites (tertiary alicyclic amines) is 1. The van der Waals surface area contributed by atoms with Gasteiger partial charge in [0.2, 0.25) is 5.88 Å². The molecule has 1 fully saturated rings. The third kappa shape index (κ3) is 3.51. The number of carbonyl (C=O) groups is 2. The molecule has 1 aliphatic rings. The number of pyridine rings is 1. The Bertz CT molecular complexity index is 532. The van der Waals surface area contributed by atoms with Gasteiger partial charge in [-0.2, -0.15) is 0 Å². The summed E-state index contributed by atoms with van der Waals surface area (Å²) in [5, 5.41) is 9.15. The van der Waals surface area contributed by atoms with E-state index in [1.165, 1.54) is 11.1 Å². The number of rotatable bonds is 5. The molecular formula is C15H20N2O4. The van der Waals surface area contributed by atoms with Gasteiger partial charge in [0.25, 0.3) is 5.91 Å². The van der Waals surface area contributed by atoms with Crippen LogP contribution in [0.4, 0.5) is 0 Å². The number of amides is 1. The second kappa shape index (κ2) is 6.56. The standard InChI is InChI=1S/C15H20N2O4/c1-3-10(2)21-13-9-11(6-7-16-13)14(18)17-8-4-5-12(17)15(19)20/h6-7,9-10,12H,3-5,8H2,1-2H3,(H,19,20)/t10?,12-/m1/s1. The summed E-state index contributed by atoms with van der Waals surface area (Å²) in [6, 6.07) is 2.43. The van der Waals surface area contributed by atoms with Gasteiger partial charge >= 0.3 is 5.97 Å². The lowest BCUT2D eigenvalue weighted by atomic mass is 10.2. The molecule has 1 amide bonds. The molecule has 21 heavy (non-hydrogen) atoms. The molecule has 0 saturated carbocycles. The van der Waals surface area contributed by atoms with Crippen LogP contribution >= 0.6 is 0 Å². The van der Waals surface area contributed by atoms with Gasteiger partial charge in [0, 0.05) is 24.4 Å². The number of hydrogen-bond acceptors (Lipinski definition) is 4. The summed E-state index contributed by atoms with van der Waals surface area (Å²) >= 11 is 0. The van der Waals surface area contributed by atoms with Gasteiger partial charge < -0.3 is 14.7 Å². The Labute approximate surface area is 123 Å². The van der Waals surface area contributed by atoms with Gasteiger partial charge in [-0.1, -0.05) is 6.92 Å². The smallest absolute Gasteiger partial charge is 0.326 e. The first-order chi connectivity index (χ1) is 10.0. The van der Waals surface area contributed by atoms with Gasteiger partial charge in [-0.3, -0.25) is 4.79 Å². The van der Waals surface area contributed by atoms with Gasteiger partial charge in [-0.25, -0.2) is 9.78 Å². The van der Waals surface area contributed by atoms with Crippen LogP contribution in [0.2, 0.25) is 0 Å². The Morgan fingerprint density at radius 2 is 2.33 bits per heavy atom. The highest BCUT2D eigenvalue weighted by molar-refractivity contribution is 5.97. The first kappa shape index (κ1) is 15.3. The first-order valence-electron chi connectivity index (χ1n) is 7.19. The minimum Gasteiger partial charge on any atom is -0.480 e. The molecule has 1 aromatic rings. The molecule has 0 spiro atoms. The van der Waals surface area contributed by atoms with Gasteiger partial charge in [0.15, 0.2) is 0 Å². The zero-order valence-electron chi connectivity index (χ0n) is 12.3. The van der Waals surface area contributed by atoms with E-state index in [0.29, 0.717) is 30.8 Å². The summed E-state index contributed by atoms with van der Waals surface area (Å²) in [7, 11) is 0. The highest BCUT2D eigenvalue weighted by Crippen LogP contribution is 2.21. The number of carboxylic acid groups (broad SMARTS) is 1. The Morgan fingerprint density at radius 3 is 3.00 bits per heavy atom. The lowest BCUT2D eigenvalue weighted by molar-refractivity contribution is -0.141. The van der Waals surface area contributed by atoms with Gasteiger partial charge in [0.05, 0.1) is 6.10 Å². The predicted molar refractivity (Wildman–Crippen MR) is 76.3 cm³/mol. The number of hydrogen-bond donors (Lipinski definition) is 1. The molecule has 0 bridgehead atoms. The average molecular weight is 292 g/mol. The van der Waals surface area contributed by atoms with Gasteiger partial charge in [0.1, 0.15) is 6.04 Å². The van der Waals surface area contributed by atoms with E-state index in [4.69, 9.17) is 9.84 Å². The number of nitrogens with zero attached hydrogens (tertiary/aromatic N) is 2. The molecule has 114 valence electrons. The monoisotopic (exact) mass is 292 g/mol. The van der Waals surface area contributed by atoms with Crippen LogP contribution in [0.25, 0.3) is 0 Å². The van der Waals surface area contributed by atoms with Crippen LogP contribution in [-0.2, 0) is 4.79 Å². The number of aromatic nitrogens is 1. The van der Waals surface area contributed by atoms with Crippen LogP contribution in [0.1, 0.15) is 43.5 Å². The van der Waals surface area contributed by atoms with E-state index < -0.39 is 12.0 Å². The maximum absolute atomic E-state index is 12.4. The Balaban J connectivity index is 2.15. The minimum atomic E-state index is -0.953. The normalized spacial score (nSPS) is 19.3. The van der Waals surface area contributed by atoms with E-state index in [9.17, 15) is 9.59 Å². The second-order valence-electron chi connectivity index (χ2n) is 5.21. The molecule has 1 aromatic heterocycles. The SMILES string of the molecule is CCC(C)Oc1cc(C(=O)N2CCC[C@@H]2C(=O)O)ccn1. The lowest BCUT2D eigenvalue weighted by Gasteiger charge is -2.21. The zero-order valence-corrected chi connectivity index (χ0v) is 12.3. The molecule has 6 nitrogen and oxygen atoms in total. The number of ether oxygens (including phenoxy) is 1. The Kier molecular flexibility index (Phi) is 4.77. The summed E-state index contributed by atoms with van der Waals surface area (Å²) < 4.78 is 5.59. The van der Waals surface area contributed by atoms with E-state index >= 15 is 0 Å². The van der Waals surface area contributed by atoms with Crippen molar-refractivity contribution in [3.8, 4) is 5.88 Å². The highest BCUT2D eigenvalue weighted by Gasteiger charge is 2.34. The predicted octanol–water partition coefficient (Wildman–Crippen LogP) is 1.95. The van der Waals surface area contributed by atoms with Crippen molar-refractivity contribution in [2.24, 2.45) is 0 Å². The molecule has 1 aliphatic heterocycles. The van der Waals surface area contributed by atoms with Crippen molar-refractivity contribution in [3.63, 3.8) is 0 Å². The average Bonchev–Trinajstić information content (AvgIpc) is 2.96. The maximum atomic E-state index is 12.4. The Morgan fingerprint density at radius 1 is 1.57 bits per heavy atom. The molecule has 1 N–H and O–H groups in total. The van der Waals surface area contributed by atoms with Crippen LogP contribution in [0.3, 0.4) is 0 Å². The molecular weight excluding hydrogens is 272 g/mol. The van der Waals surface area contributed by atoms with Crippen molar-refractivity contribution in [3.05, 3.63) is 23.9 Å². The highest BCUT2D eigenvalue weighted by atomic mass is 16.5. The molecule has 0 aliphatic carbocycles. The van der Waals surface area contributed by atoms with E-state index in [2.05, 4.69) is 4.98 Å². The van der Waals surface area contributed by atoms with Crippen molar-refractivity contribution in [2.45, 2.75) is 45.3 Å². The van der Waals surface area contributed by atoms with E-state index in [1.54, 1.807) is 12.1 Å². The van der Waals surface area contributed by atoms with Crippen LogP contribution in [0, 0.1) is 0 Å². The van der Waals surface area contributed by atoms with Crippen LogP contribution < -0.4 is 4.74 Å². The third-order valence-corrected chi connectivity index (χ3v) is 3.68. The number of carboxylic acids is 1. The minimum absolute atomic E-state index is 0.0152. The van der Waals surface area contributed by atoms with E-state index in [1.807, 2.05) is 13.8 Å². The first-order valence-corrected chi connectivity index (χ1v) is 7.19. The molecule has 0 radical (unpaired) electrons. The summed E-state index contributed by atoms with van der Waals surface area (Å²) in [4.78, 5) is 29.1. The van der Waals surface area contributed by atoms with Crippen molar-refractivity contribution < 1.29 is 19.4 Å². The van der Waals surface area contributed by atoms with Crippen LogP contribution in [-0.4, -0.2) is 45.6 Å². The molecule has 1 unspecified atom stereocenters. The molecule has 2 atom stereocenters. The maximum Gasteiger partial charge on any atom is 0.326 e. The summed E-state index contributed by atoms with van der Waals surface area (Å²) in [6.07, 6.45) is 3.58. The van der Waals surface area contributed by atoms with Gasteiger partial charge in [-0.15, -0.1) is 0 Å². The van der Waals surface area contributed by atoms with Crippen LogP contribution in [0.15, 0.2) is 18.3 Å². The zero-order chi connectivity index (χ0) is 15.4. The fourth-order valence-corrected chi connectivity index (χ4v) is 2.33. The molecule has 6 heteroatoms. The fraction of sp³-hybridized carbons (Fsp3) is 0.533. The lowest BCUT2D eigenvalue weighted by Crippen LogP contribution is -2.40. The third-order valence-electron chi connectivity index (χ3n) is 3.68. The second-order valence-corrected chi connectivity index (χ2v) is 5.21. The topological polar surface area (TPSA) is 79.7 Å².